The number of aliphatic hydroxyl groups is 1. The maximum absolute atomic E-state index is 12.5. The first kappa shape index (κ1) is 19.4. The minimum atomic E-state index is -0.549. The average Bonchev–Trinajstić information content (AvgIpc) is 3.34. The molecule has 1 aliphatic rings. The van der Waals surface area contributed by atoms with Gasteiger partial charge in [0.1, 0.15) is 17.0 Å². The van der Waals surface area contributed by atoms with Crippen LogP contribution in [0.3, 0.4) is 0 Å². The summed E-state index contributed by atoms with van der Waals surface area (Å²) in [6, 6.07) is 5.79. The fourth-order valence-corrected chi connectivity index (χ4v) is 4.16. The number of thiophene rings is 1. The lowest BCUT2D eigenvalue weighted by Gasteiger charge is -2.09. The van der Waals surface area contributed by atoms with Gasteiger partial charge >= 0.3 is 0 Å². The van der Waals surface area contributed by atoms with Gasteiger partial charge in [-0.05, 0) is 36.6 Å². The van der Waals surface area contributed by atoms with Crippen molar-refractivity contribution in [3.05, 3.63) is 40.5 Å². The van der Waals surface area contributed by atoms with Crippen molar-refractivity contribution in [2.45, 2.75) is 32.9 Å². The highest BCUT2D eigenvalue weighted by atomic mass is 32.1. The Kier molecular flexibility index (Phi) is 5.50. The second-order valence-corrected chi connectivity index (χ2v) is 7.77. The van der Waals surface area contributed by atoms with Crippen molar-refractivity contribution in [1.82, 2.24) is 15.3 Å². The number of aryl methyl sites for hydroxylation is 1. The highest BCUT2D eigenvalue weighted by Gasteiger charge is 2.20. The predicted molar refractivity (Wildman–Crippen MR) is 111 cm³/mol. The van der Waals surface area contributed by atoms with E-state index in [1.54, 1.807) is 0 Å². The molecule has 1 atom stereocenters. The molecule has 3 heterocycles. The summed E-state index contributed by atoms with van der Waals surface area (Å²) in [5.41, 5.74) is 1.85. The summed E-state index contributed by atoms with van der Waals surface area (Å²) < 4.78 is 10.8. The van der Waals surface area contributed by atoms with Gasteiger partial charge in [-0.1, -0.05) is 13.0 Å². The summed E-state index contributed by atoms with van der Waals surface area (Å²) in [4.78, 5) is 22.6. The minimum absolute atomic E-state index is 0.209. The highest BCUT2D eigenvalue weighted by Crippen LogP contribution is 2.35. The molecule has 2 aromatic heterocycles. The number of nitrogens with zero attached hydrogens (tertiary/aromatic N) is 2. The maximum Gasteiger partial charge on any atom is 0.261 e. The first-order valence-electron chi connectivity index (χ1n) is 9.39. The molecule has 29 heavy (non-hydrogen) atoms. The van der Waals surface area contributed by atoms with Crippen LogP contribution in [0.2, 0.25) is 0 Å². The zero-order valence-electron chi connectivity index (χ0n) is 16.2. The van der Waals surface area contributed by atoms with E-state index in [4.69, 9.17) is 9.47 Å². The Morgan fingerprint density at radius 1 is 1.31 bits per heavy atom. The molecule has 1 amide bonds. The molecule has 0 saturated heterocycles. The fourth-order valence-electron chi connectivity index (χ4n) is 3.09. The molecule has 3 N–H and O–H groups in total. The first-order chi connectivity index (χ1) is 14.1. The topological polar surface area (TPSA) is 106 Å². The number of fused-ring (bicyclic) bond motifs is 2. The Hall–Kier alpha value is -2.91. The van der Waals surface area contributed by atoms with Crippen LogP contribution in [0.4, 0.5) is 5.82 Å². The lowest BCUT2D eigenvalue weighted by atomic mass is 10.1. The molecule has 152 valence electrons. The molecule has 1 aliphatic heterocycles. The smallest absolute Gasteiger partial charge is 0.261 e. The summed E-state index contributed by atoms with van der Waals surface area (Å²) in [6.07, 6.45) is 1.53. The van der Waals surface area contributed by atoms with Crippen LogP contribution in [0.1, 0.15) is 34.1 Å². The predicted octanol–water partition coefficient (Wildman–Crippen LogP) is 2.84. The Balaban J connectivity index is 1.54. The Bertz CT molecular complexity index is 1050. The Morgan fingerprint density at radius 3 is 2.97 bits per heavy atom. The van der Waals surface area contributed by atoms with Crippen LogP contribution in [0.25, 0.3) is 10.2 Å². The highest BCUT2D eigenvalue weighted by molar-refractivity contribution is 7.20. The van der Waals surface area contributed by atoms with Crippen LogP contribution in [0.15, 0.2) is 24.5 Å². The number of aliphatic hydroxyl groups excluding tert-OH is 1. The number of aromatic nitrogens is 2. The summed E-state index contributed by atoms with van der Waals surface area (Å²) in [5, 5.41) is 16.6. The molecule has 0 fully saturated rings. The number of ether oxygens (including phenoxy) is 2. The maximum atomic E-state index is 12.5. The van der Waals surface area contributed by atoms with Gasteiger partial charge in [-0.15, -0.1) is 11.3 Å². The molecule has 0 spiro atoms. The Morgan fingerprint density at radius 2 is 2.14 bits per heavy atom. The van der Waals surface area contributed by atoms with Gasteiger partial charge in [-0.25, -0.2) is 9.97 Å². The monoisotopic (exact) mass is 414 g/mol. The van der Waals surface area contributed by atoms with Crippen LogP contribution in [-0.4, -0.2) is 40.4 Å². The Labute approximate surface area is 171 Å². The third-order valence-corrected chi connectivity index (χ3v) is 6.00. The van der Waals surface area contributed by atoms with Crippen molar-refractivity contribution >= 4 is 33.3 Å². The summed E-state index contributed by atoms with van der Waals surface area (Å²) in [5.74, 6) is 1.95. The molecule has 0 saturated carbocycles. The molecule has 0 aliphatic carbocycles. The van der Waals surface area contributed by atoms with Crippen molar-refractivity contribution in [3.8, 4) is 11.5 Å². The largest absolute Gasteiger partial charge is 0.454 e. The van der Waals surface area contributed by atoms with E-state index in [1.165, 1.54) is 17.7 Å². The van der Waals surface area contributed by atoms with Gasteiger partial charge in [0.05, 0.1) is 16.4 Å². The van der Waals surface area contributed by atoms with E-state index in [0.717, 1.165) is 32.8 Å². The molecule has 0 radical (unpaired) electrons. The van der Waals surface area contributed by atoms with E-state index in [0.29, 0.717) is 23.7 Å². The second kappa shape index (κ2) is 8.22. The third-order valence-electron chi connectivity index (χ3n) is 4.80. The van der Waals surface area contributed by atoms with Crippen LogP contribution in [-0.2, 0) is 6.54 Å². The molecule has 4 rings (SSSR count). The molecular weight excluding hydrogens is 392 g/mol. The molecule has 9 heteroatoms. The molecular formula is C20H22N4O4S. The lowest BCUT2D eigenvalue weighted by molar-refractivity contribution is 0.0917. The minimum Gasteiger partial charge on any atom is -0.454 e. The van der Waals surface area contributed by atoms with E-state index >= 15 is 0 Å². The van der Waals surface area contributed by atoms with Crippen molar-refractivity contribution in [2.24, 2.45) is 0 Å². The lowest BCUT2D eigenvalue weighted by Crippen LogP contribution is -2.31. The number of carbonyl (C=O) groups excluding carboxylic acids is 1. The molecule has 0 bridgehead atoms. The molecule has 8 nitrogen and oxygen atoms in total. The number of rotatable bonds is 7. The molecule has 1 aromatic carbocycles. The number of nitrogens with one attached hydrogen (secondary N) is 2. The summed E-state index contributed by atoms with van der Waals surface area (Å²) in [7, 11) is 0. The fraction of sp³-hybridized carbons (Fsp3) is 0.350. The van der Waals surface area contributed by atoms with Crippen molar-refractivity contribution in [2.75, 3.05) is 18.7 Å². The zero-order chi connectivity index (χ0) is 20.4. The SMILES string of the molecule is CCC(O)CNC(=O)c1sc2ncnc(NCc3ccc4c(c3)OCO4)c2c1C. The number of carbonyl (C=O) groups is 1. The van der Waals surface area contributed by atoms with Crippen molar-refractivity contribution in [1.29, 1.82) is 0 Å². The van der Waals surface area contributed by atoms with Gasteiger partial charge in [0.25, 0.3) is 5.91 Å². The zero-order valence-corrected chi connectivity index (χ0v) is 17.0. The van der Waals surface area contributed by atoms with E-state index in [1.807, 2.05) is 32.0 Å². The van der Waals surface area contributed by atoms with Crippen LogP contribution in [0.5, 0.6) is 11.5 Å². The second-order valence-electron chi connectivity index (χ2n) is 6.77. The average molecular weight is 414 g/mol. The normalized spacial score (nSPS) is 13.5. The van der Waals surface area contributed by atoms with Crippen molar-refractivity contribution < 1.29 is 19.4 Å². The molecule has 3 aromatic rings. The van der Waals surface area contributed by atoms with Gasteiger partial charge in [-0.2, -0.15) is 0 Å². The van der Waals surface area contributed by atoms with E-state index < -0.39 is 6.10 Å². The van der Waals surface area contributed by atoms with E-state index in [-0.39, 0.29) is 19.2 Å². The van der Waals surface area contributed by atoms with Crippen LogP contribution in [0, 0.1) is 6.92 Å². The summed E-state index contributed by atoms with van der Waals surface area (Å²) in [6.45, 7) is 4.77. The number of amides is 1. The van der Waals surface area contributed by atoms with Gasteiger partial charge < -0.3 is 25.2 Å². The van der Waals surface area contributed by atoms with Gasteiger partial charge in [0.2, 0.25) is 6.79 Å². The van der Waals surface area contributed by atoms with Gasteiger partial charge in [0, 0.05) is 13.1 Å². The van der Waals surface area contributed by atoms with Gasteiger partial charge in [-0.3, -0.25) is 4.79 Å². The summed E-state index contributed by atoms with van der Waals surface area (Å²) >= 11 is 1.32. The van der Waals surface area contributed by atoms with Crippen molar-refractivity contribution in [3.63, 3.8) is 0 Å². The molecule has 1 unspecified atom stereocenters. The third kappa shape index (κ3) is 3.96. The van der Waals surface area contributed by atoms with E-state index in [9.17, 15) is 9.90 Å². The quantitative estimate of drug-likeness (QED) is 0.546. The first-order valence-corrected chi connectivity index (χ1v) is 10.2. The van der Waals surface area contributed by atoms with Crippen LogP contribution < -0.4 is 20.1 Å². The van der Waals surface area contributed by atoms with Crippen LogP contribution >= 0.6 is 11.3 Å². The van der Waals surface area contributed by atoms with E-state index in [2.05, 4.69) is 20.6 Å². The number of anilines is 1. The standard InChI is InChI=1S/C20H22N4O4S/c1-3-13(25)8-22-19(26)17-11(2)16-18(23-9-24-20(16)29-17)21-7-12-4-5-14-15(6-12)28-10-27-14/h4-6,9,13,25H,3,7-8,10H2,1-2H3,(H,22,26)(H,21,23,24). The number of hydrogen-bond donors (Lipinski definition) is 3. The van der Waals surface area contributed by atoms with Gasteiger partial charge in [0.15, 0.2) is 11.5 Å². The number of hydrogen-bond acceptors (Lipinski definition) is 8. The number of benzene rings is 1.